The molecule has 2 aromatic rings. The van der Waals surface area contributed by atoms with Crippen LogP contribution in [0.4, 0.5) is 0 Å². The molecule has 0 N–H and O–H groups in total. The first-order valence-corrected chi connectivity index (χ1v) is 8.81. The Labute approximate surface area is 145 Å². The summed E-state index contributed by atoms with van der Waals surface area (Å²) in [7, 11) is 0. The smallest absolute Gasteiger partial charge is 0.231 e. The van der Waals surface area contributed by atoms with E-state index in [4.69, 9.17) is 18.7 Å². The van der Waals surface area contributed by atoms with E-state index in [1.54, 1.807) is 0 Å². The van der Waals surface area contributed by atoms with E-state index in [1.165, 1.54) is 5.56 Å². The minimum atomic E-state index is -0.0297. The first-order valence-electron chi connectivity index (χ1n) is 8.81. The van der Waals surface area contributed by atoms with Crippen LogP contribution in [0.1, 0.15) is 36.2 Å². The average molecular weight is 343 g/mol. The Morgan fingerprint density at radius 3 is 3.04 bits per heavy atom. The zero-order valence-electron chi connectivity index (χ0n) is 14.2. The van der Waals surface area contributed by atoms with Gasteiger partial charge in [0, 0.05) is 20.0 Å². The Morgan fingerprint density at radius 1 is 1.24 bits per heavy atom. The maximum absolute atomic E-state index is 6.24. The molecule has 7 heteroatoms. The van der Waals surface area contributed by atoms with E-state index >= 15 is 0 Å². The molecule has 5 rings (SSSR count). The van der Waals surface area contributed by atoms with Crippen molar-refractivity contribution in [2.24, 2.45) is 5.92 Å². The van der Waals surface area contributed by atoms with Gasteiger partial charge in [0.2, 0.25) is 18.5 Å². The van der Waals surface area contributed by atoms with Crippen molar-refractivity contribution in [3.05, 3.63) is 35.5 Å². The van der Waals surface area contributed by atoms with Gasteiger partial charge in [0.05, 0.1) is 6.10 Å². The molecular weight excluding hydrogens is 322 g/mol. The summed E-state index contributed by atoms with van der Waals surface area (Å²) in [6, 6.07) is 6.18. The summed E-state index contributed by atoms with van der Waals surface area (Å²) in [5, 5.41) is 4.03. The number of hydrogen-bond acceptors (Lipinski definition) is 7. The van der Waals surface area contributed by atoms with Gasteiger partial charge < -0.3 is 18.7 Å². The highest BCUT2D eigenvalue weighted by Gasteiger charge is 2.41. The molecule has 0 unspecified atom stereocenters. The number of piperidine rings is 1. The second kappa shape index (κ2) is 6.00. The number of aryl methyl sites for hydroxylation is 1. The molecule has 2 fully saturated rings. The minimum Gasteiger partial charge on any atom is -0.454 e. The molecular formula is C18H21N3O4. The van der Waals surface area contributed by atoms with Crippen molar-refractivity contribution < 1.29 is 18.7 Å². The number of rotatable bonds is 3. The lowest BCUT2D eigenvalue weighted by Gasteiger charge is -2.34. The van der Waals surface area contributed by atoms with Crippen LogP contribution in [0.3, 0.4) is 0 Å². The van der Waals surface area contributed by atoms with E-state index in [0.717, 1.165) is 44.0 Å². The summed E-state index contributed by atoms with van der Waals surface area (Å²) >= 11 is 0. The fraction of sp³-hybridized carbons (Fsp3) is 0.556. The van der Waals surface area contributed by atoms with Gasteiger partial charge in [0.25, 0.3) is 0 Å². The molecule has 3 aliphatic rings. The molecule has 3 atom stereocenters. The zero-order chi connectivity index (χ0) is 16.8. The molecule has 1 aromatic heterocycles. The predicted octanol–water partition coefficient (Wildman–Crippen LogP) is 2.46. The van der Waals surface area contributed by atoms with Crippen molar-refractivity contribution in [2.45, 2.75) is 38.5 Å². The highest BCUT2D eigenvalue weighted by Crippen LogP contribution is 2.40. The van der Waals surface area contributed by atoms with E-state index < -0.39 is 0 Å². The van der Waals surface area contributed by atoms with Gasteiger partial charge in [-0.2, -0.15) is 4.98 Å². The highest BCUT2D eigenvalue weighted by atomic mass is 16.7. The van der Waals surface area contributed by atoms with Crippen molar-refractivity contribution in [1.29, 1.82) is 0 Å². The van der Waals surface area contributed by atoms with Crippen molar-refractivity contribution in [2.75, 3.05) is 19.9 Å². The van der Waals surface area contributed by atoms with Gasteiger partial charge in [-0.15, -0.1) is 0 Å². The molecule has 0 amide bonds. The molecule has 0 spiro atoms. The van der Waals surface area contributed by atoms with Gasteiger partial charge in [0.15, 0.2) is 11.5 Å². The fourth-order valence-corrected chi connectivity index (χ4v) is 4.05. The maximum atomic E-state index is 6.24. The van der Waals surface area contributed by atoms with Gasteiger partial charge in [-0.05, 0) is 43.0 Å². The zero-order valence-corrected chi connectivity index (χ0v) is 14.2. The normalized spacial score (nSPS) is 28.3. The minimum absolute atomic E-state index is 0.0297. The lowest BCUT2D eigenvalue weighted by Crippen LogP contribution is -2.41. The van der Waals surface area contributed by atoms with Crippen LogP contribution in [0, 0.1) is 12.8 Å². The molecule has 2 saturated heterocycles. The Hall–Kier alpha value is -2.12. The van der Waals surface area contributed by atoms with Crippen molar-refractivity contribution in [3.63, 3.8) is 0 Å². The monoisotopic (exact) mass is 343 g/mol. The summed E-state index contributed by atoms with van der Waals surface area (Å²) in [4.78, 5) is 6.78. The van der Waals surface area contributed by atoms with Gasteiger partial charge in [-0.25, -0.2) is 0 Å². The van der Waals surface area contributed by atoms with Crippen molar-refractivity contribution in [3.8, 4) is 11.5 Å². The number of aromatic nitrogens is 2. The predicted molar refractivity (Wildman–Crippen MR) is 87.2 cm³/mol. The van der Waals surface area contributed by atoms with Crippen LogP contribution in [0.15, 0.2) is 22.7 Å². The first kappa shape index (κ1) is 15.2. The first-order chi connectivity index (χ1) is 12.2. The molecule has 3 aliphatic heterocycles. The van der Waals surface area contributed by atoms with Crippen LogP contribution in [0.25, 0.3) is 0 Å². The Kier molecular flexibility index (Phi) is 3.64. The Balaban J connectivity index is 1.23. The molecule has 25 heavy (non-hydrogen) atoms. The number of likely N-dealkylation sites (tertiary alicyclic amines) is 1. The van der Waals surface area contributed by atoms with Gasteiger partial charge in [-0.3, -0.25) is 4.90 Å². The number of hydrogen-bond donors (Lipinski definition) is 0. The maximum Gasteiger partial charge on any atom is 0.231 e. The van der Waals surface area contributed by atoms with Crippen LogP contribution in [-0.4, -0.2) is 41.0 Å². The molecule has 1 aromatic carbocycles. The summed E-state index contributed by atoms with van der Waals surface area (Å²) in [6.45, 7) is 5.04. The molecule has 7 nitrogen and oxygen atoms in total. The van der Waals surface area contributed by atoms with Crippen LogP contribution >= 0.6 is 0 Å². The van der Waals surface area contributed by atoms with Gasteiger partial charge >= 0.3 is 0 Å². The van der Waals surface area contributed by atoms with Crippen LogP contribution in [-0.2, 0) is 11.3 Å². The molecule has 0 bridgehead atoms. The molecule has 0 aliphatic carbocycles. The van der Waals surface area contributed by atoms with Gasteiger partial charge in [-0.1, -0.05) is 11.2 Å². The summed E-state index contributed by atoms with van der Waals surface area (Å²) in [5.41, 5.74) is 1.24. The Bertz CT molecular complexity index is 777. The van der Waals surface area contributed by atoms with E-state index in [-0.39, 0.29) is 12.2 Å². The topological polar surface area (TPSA) is 69.9 Å². The summed E-state index contributed by atoms with van der Waals surface area (Å²) < 4.78 is 22.2. The van der Waals surface area contributed by atoms with Crippen LogP contribution in [0.2, 0.25) is 0 Å². The second-order valence-corrected chi connectivity index (χ2v) is 7.04. The summed E-state index contributed by atoms with van der Waals surface area (Å²) in [6.07, 6.45) is 2.34. The Morgan fingerprint density at radius 2 is 2.16 bits per heavy atom. The number of fused-ring (bicyclic) bond motifs is 2. The third-order valence-corrected chi connectivity index (χ3v) is 5.31. The largest absolute Gasteiger partial charge is 0.454 e. The van der Waals surface area contributed by atoms with Crippen LogP contribution < -0.4 is 9.47 Å². The number of benzene rings is 1. The van der Waals surface area contributed by atoms with E-state index in [0.29, 0.717) is 24.4 Å². The molecule has 0 radical (unpaired) electrons. The molecule has 0 saturated carbocycles. The third kappa shape index (κ3) is 2.87. The molecule has 4 heterocycles. The van der Waals surface area contributed by atoms with Crippen molar-refractivity contribution in [1.82, 2.24) is 15.0 Å². The van der Waals surface area contributed by atoms with Gasteiger partial charge in [0.1, 0.15) is 6.10 Å². The fourth-order valence-electron chi connectivity index (χ4n) is 4.05. The quantitative estimate of drug-likeness (QED) is 0.848. The van der Waals surface area contributed by atoms with E-state index in [2.05, 4.69) is 27.2 Å². The van der Waals surface area contributed by atoms with Crippen molar-refractivity contribution >= 4 is 0 Å². The number of ether oxygens (including phenoxy) is 3. The highest BCUT2D eigenvalue weighted by molar-refractivity contribution is 5.44. The SMILES string of the molecule is Cc1nc([C@@H]2C[C@H]3CCN(Cc4ccc5c(c4)OCO5)C[C@@H]3O2)no1. The third-order valence-electron chi connectivity index (χ3n) is 5.31. The molecule has 132 valence electrons. The average Bonchev–Trinajstić information content (AvgIpc) is 3.32. The van der Waals surface area contributed by atoms with E-state index in [9.17, 15) is 0 Å². The lowest BCUT2D eigenvalue weighted by molar-refractivity contribution is -0.0125. The number of nitrogens with zero attached hydrogens (tertiary/aromatic N) is 3. The van der Waals surface area contributed by atoms with E-state index in [1.807, 2.05) is 13.0 Å². The standard InChI is InChI=1S/C18H21N3O4/c1-11-19-18(20-25-11)16-7-13-4-5-21(9-17(13)24-16)8-12-2-3-14-15(6-12)23-10-22-14/h2-3,6,13,16-17H,4-5,7-10H2,1H3/t13-,16+,17+/m1/s1. The van der Waals surface area contributed by atoms with Crippen LogP contribution in [0.5, 0.6) is 11.5 Å². The summed E-state index contributed by atoms with van der Waals surface area (Å²) in [5.74, 6) is 3.54. The second-order valence-electron chi connectivity index (χ2n) is 7.04. The lowest BCUT2D eigenvalue weighted by atomic mass is 9.91.